The molecule has 0 aliphatic heterocycles. The monoisotopic (exact) mass is 386 g/mol. The summed E-state index contributed by atoms with van der Waals surface area (Å²) in [4.78, 5) is 12.0. The highest BCUT2D eigenvalue weighted by Gasteiger charge is 2.04. The minimum absolute atomic E-state index is 0.116. The number of benzene rings is 2. The molecule has 8 heteroatoms. The van der Waals surface area contributed by atoms with Gasteiger partial charge in [0.15, 0.2) is 0 Å². The lowest BCUT2D eigenvalue weighted by Gasteiger charge is -2.08. The van der Waals surface area contributed by atoms with Crippen LogP contribution in [0.2, 0.25) is 5.02 Å². The molecule has 0 bridgehead atoms. The number of aromatic amines is 1. The van der Waals surface area contributed by atoms with Gasteiger partial charge in [0.1, 0.15) is 18.1 Å². The van der Waals surface area contributed by atoms with Crippen LogP contribution in [-0.2, 0) is 6.61 Å². The highest BCUT2D eigenvalue weighted by Crippen LogP contribution is 2.25. The molecule has 0 unspecified atom stereocenters. The third-order valence-corrected chi connectivity index (χ3v) is 4.09. The maximum absolute atomic E-state index is 12.0. The molecule has 132 valence electrons. The fourth-order valence-corrected chi connectivity index (χ4v) is 2.57. The maximum atomic E-state index is 12.0. The molecule has 1 aromatic heterocycles. The molecule has 0 spiro atoms. The molecule has 0 amide bonds. The molecule has 2 aromatic carbocycles. The largest absolute Gasteiger partial charge is 0.487 e. The van der Waals surface area contributed by atoms with E-state index in [2.05, 4.69) is 15.3 Å². The second kappa shape index (κ2) is 8.07. The molecule has 6 nitrogen and oxygen atoms in total. The number of ether oxygens (including phenoxy) is 1. The fourth-order valence-electron chi connectivity index (χ4n) is 2.15. The van der Waals surface area contributed by atoms with Crippen molar-refractivity contribution >= 4 is 30.0 Å². The average molecular weight is 387 g/mol. The van der Waals surface area contributed by atoms with Gasteiger partial charge < -0.3 is 4.74 Å². The second-order valence-corrected chi connectivity index (χ2v) is 6.23. The number of aromatic nitrogens is 3. The van der Waals surface area contributed by atoms with Crippen LogP contribution in [0.4, 0.5) is 0 Å². The molecular formula is C18H15ClN4O2S. The molecule has 3 aromatic rings. The van der Waals surface area contributed by atoms with E-state index in [1.165, 1.54) is 6.21 Å². The quantitative estimate of drug-likeness (QED) is 0.535. The van der Waals surface area contributed by atoms with Crippen molar-refractivity contribution in [2.45, 2.75) is 13.5 Å². The van der Waals surface area contributed by atoms with E-state index >= 15 is 0 Å². The van der Waals surface area contributed by atoms with E-state index in [1.54, 1.807) is 25.1 Å². The molecule has 0 aliphatic carbocycles. The zero-order valence-corrected chi connectivity index (χ0v) is 15.4. The summed E-state index contributed by atoms with van der Waals surface area (Å²) >= 11 is 11.3. The first-order valence-electron chi connectivity index (χ1n) is 7.73. The van der Waals surface area contributed by atoms with Crippen LogP contribution in [0, 0.1) is 11.7 Å². The van der Waals surface area contributed by atoms with Crippen LogP contribution in [0.1, 0.15) is 16.8 Å². The lowest BCUT2D eigenvalue weighted by molar-refractivity contribution is 0.306. The summed E-state index contributed by atoms with van der Waals surface area (Å²) in [5.74, 6) is 0.571. The van der Waals surface area contributed by atoms with Crippen LogP contribution < -0.4 is 10.3 Å². The number of halogens is 1. The third kappa shape index (κ3) is 4.25. The van der Waals surface area contributed by atoms with Crippen molar-refractivity contribution in [3.63, 3.8) is 0 Å². The first kappa shape index (κ1) is 18.0. The Bertz CT molecular complexity index is 1060. The number of nitrogens with one attached hydrogen (secondary N) is 1. The molecule has 3 rings (SSSR count). The van der Waals surface area contributed by atoms with Gasteiger partial charge in [-0.1, -0.05) is 41.9 Å². The van der Waals surface area contributed by atoms with Crippen LogP contribution in [0.15, 0.2) is 58.4 Å². The van der Waals surface area contributed by atoms with Crippen molar-refractivity contribution in [3.8, 4) is 5.75 Å². The number of aryl methyl sites for hydroxylation is 1. The molecule has 1 heterocycles. The van der Waals surface area contributed by atoms with E-state index in [9.17, 15) is 4.79 Å². The Hall–Kier alpha value is -2.77. The van der Waals surface area contributed by atoms with E-state index in [1.807, 2.05) is 30.3 Å². The molecule has 0 atom stereocenters. The Morgan fingerprint density at radius 3 is 2.81 bits per heavy atom. The summed E-state index contributed by atoms with van der Waals surface area (Å²) in [5.41, 5.74) is 1.66. The fraction of sp³-hybridized carbons (Fsp3) is 0.111. The van der Waals surface area contributed by atoms with Gasteiger partial charge in [0.25, 0.3) is 5.56 Å². The summed E-state index contributed by atoms with van der Waals surface area (Å²) in [5, 5.41) is 10.9. The summed E-state index contributed by atoms with van der Waals surface area (Å²) in [7, 11) is 0. The van der Waals surface area contributed by atoms with E-state index in [4.69, 9.17) is 28.6 Å². The van der Waals surface area contributed by atoms with Crippen LogP contribution >= 0.6 is 23.8 Å². The molecule has 0 saturated carbocycles. The summed E-state index contributed by atoms with van der Waals surface area (Å²) in [6, 6.07) is 15.1. The van der Waals surface area contributed by atoms with Gasteiger partial charge in [-0.3, -0.25) is 9.89 Å². The van der Waals surface area contributed by atoms with Gasteiger partial charge in [-0.2, -0.15) is 14.9 Å². The molecular weight excluding hydrogens is 372 g/mol. The molecule has 0 radical (unpaired) electrons. The molecule has 1 N–H and O–H groups in total. The molecule has 0 fully saturated rings. The Kier molecular flexibility index (Phi) is 5.60. The van der Waals surface area contributed by atoms with Gasteiger partial charge in [0, 0.05) is 0 Å². The number of hydrogen-bond donors (Lipinski definition) is 1. The minimum atomic E-state index is -0.376. The molecule has 0 saturated heterocycles. The van der Waals surface area contributed by atoms with Crippen molar-refractivity contribution in [2.24, 2.45) is 5.10 Å². The van der Waals surface area contributed by atoms with Gasteiger partial charge in [-0.15, -0.1) is 0 Å². The third-order valence-electron chi connectivity index (χ3n) is 3.53. The second-order valence-electron chi connectivity index (χ2n) is 5.44. The van der Waals surface area contributed by atoms with Crippen molar-refractivity contribution in [1.29, 1.82) is 0 Å². The number of hydrogen-bond acceptors (Lipinski definition) is 5. The van der Waals surface area contributed by atoms with E-state index in [-0.39, 0.29) is 16.0 Å². The van der Waals surface area contributed by atoms with E-state index < -0.39 is 0 Å². The summed E-state index contributed by atoms with van der Waals surface area (Å²) in [6.07, 6.45) is 1.50. The Balaban J connectivity index is 1.77. The maximum Gasteiger partial charge on any atom is 0.296 e. The smallest absolute Gasteiger partial charge is 0.296 e. The van der Waals surface area contributed by atoms with Crippen LogP contribution in [0.5, 0.6) is 5.75 Å². The Morgan fingerprint density at radius 1 is 1.31 bits per heavy atom. The Morgan fingerprint density at radius 2 is 2.08 bits per heavy atom. The number of nitrogens with zero attached hydrogens (tertiary/aromatic N) is 3. The molecule has 26 heavy (non-hydrogen) atoms. The number of rotatable bonds is 5. The first-order valence-corrected chi connectivity index (χ1v) is 8.52. The van der Waals surface area contributed by atoms with Gasteiger partial charge in [-0.05, 0) is 48.5 Å². The van der Waals surface area contributed by atoms with E-state index in [0.29, 0.717) is 22.9 Å². The zero-order valence-electron chi connectivity index (χ0n) is 13.8. The first-order chi connectivity index (χ1) is 12.5. The van der Waals surface area contributed by atoms with Crippen molar-refractivity contribution in [1.82, 2.24) is 14.9 Å². The summed E-state index contributed by atoms with van der Waals surface area (Å²) < 4.78 is 6.92. The number of H-pyrrole nitrogens is 1. The van der Waals surface area contributed by atoms with Gasteiger partial charge in [-0.25, -0.2) is 0 Å². The van der Waals surface area contributed by atoms with Crippen molar-refractivity contribution in [2.75, 3.05) is 0 Å². The minimum Gasteiger partial charge on any atom is -0.487 e. The summed E-state index contributed by atoms with van der Waals surface area (Å²) in [6.45, 7) is 2.00. The van der Waals surface area contributed by atoms with Crippen LogP contribution in [0.25, 0.3) is 0 Å². The normalized spacial score (nSPS) is 11.0. The predicted octanol–water partition coefficient (Wildman–Crippen LogP) is 3.72. The van der Waals surface area contributed by atoms with Crippen LogP contribution in [-0.4, -0.2) is 21.1 Å². The zero-order chi connectivity index (χ0) is 18.5. The lowest BCUT2D eigenvalue weighted by atomic mass is 10.2. The SMILES string of the molecule is Cc1n[nH]c(=S)n(/N=C\c2ccc(OCc3ccccc3)c(Cl)c2)c1=O. The highest BCUT2D eigenvalue weighted by molar-refractivity contribution is 7.71. The average Bonchev–Trinajstić information content (AvgIpc) is 2.65. The van der Waals surface area contributed by atoms with Crippen LogP contribution in [0.3, 0.4) is 0 Å². The van der Waals surface area contributed by atoms with Crippen molar-refractivity contribution in [3.05, 3.63) is 85.5 Å². The highest BCUT2D eigenvalue weighted by atomic mass is 35.5. The van der Waals surface area contributed by atoms with E-state index in [0.717, 1.165) is 10.2 Å². The standard InChI is InChI=1S/C18H15ClN4O2S/c1-12-17(24)23(18(26)22-21-12)20-10-14-7-8-16(15(19)9-14)25-11-13-5-3-2-4-6-13/h2-10H,11H2,1H3,(H,22,26)/b20-10-. The van der Waals surface area contributed by atoms with Gasteiger partial charge in [0.2, 0.25) is 4.77 Å². The topological polar surface area (TPSA) is 72.3 Å². The van der Waals surface area contributed by atoms with Gasteiger partial charge >= 0.3 is 0 Å². The Labute approximate surface area is 159 Å². The lowest BCUT2D eigenvalue weighted by Crippen LogP contribution is -2.22. The van der Waals surface area contributed by atoms with Crippen molar-refractivity contribution < 1.29 is 4.74 Å². The predicted molar refractivity (Wildman–Crippen MR) is 104 cm³/mol. The van der Waals surface area contributed by atoms with Gasteiger partial charge in [0.05, 0.1) is 11.2 Å². The molecule has 0 aliphatic rings.